The van der Waals surface area contributed by atoms with Gasteiger partial charge in [0.25, 0.3) is 0 Å². The maximum absolute atomic E-state index is 6.00. The molecular weight excluding hydrogens is 158 g/mol. The maximum Gasteiger partial charge on any atom is 0.0332 e. The number of benzene rings is 1. The molecule has 1 nitrogen and oxygen atoms in total. The second-order valence-corrected chi connectivity index (χ2v) is 3.68. The van der Waals surface area contributed by atoms with E-state index >= 15 is 0 Å². The van der Waals surface area contributed by atoms with Gasteiger partial charge in [-0.15, -0.1) is 6.58 Å². The molecule has 1 atom stereocenters. The van der Waals surface area contributed by atoms with Crippen LogP contribution in [0.5, 0.6) is 0 Å². The van der Waals surface area contributed by atoms with Crippen LogP contribution in [0.15, 0.2) is 36.4 Å². The number of hydrogen-bond acceptors (Lipinski definition) is 1. The van der Waals surface area contributed by atoms with Gasteiger partial charge < -0.3 is 5.73 Å². The van der Waals surface area contributed by atoms with Crippen molar-refractivity contribution in [3.63, 3.8) is 0 Å². The molecule has 1 aromatic carbocycles. The molecule has 0 aliphatic rings. The molecule has 13 heavy (non-hydrogen) atoms. The minimum absolute atomic E-state index is 0.0948. The highest BCUT2D eigenvalue weighted by atomic mass is 14.6. The molecule has 0 fully saturated rings. The molecule has 0 amide bonds. The zero-order valence-electron chi connectivity index (χ0n) is 8.38. The van der Waals surface area contributed by atoms with Crippen molar-refractivity contribution >= 4 is 0 Å². The Kier molecular flexibility index (Phi) is 3.26. The van der Waals surface area contributed by atoms with Crippen molar-refractivity contribution in [2.24, 2.45) is 5.73 Å². The van der Waals surface area contributed by atoms with Gasteiger partial charge in [-0.2, -0.15) is 0 Å². The number of nitrogens with two attached hydrogens (primary N) is 1. The molecule has 1 aromatic rings. The predicted molar refractivity (Wildman–Crippen MR) is 57.5 cm³/mol. The Balaban J connectivity index is 2.76. The van der Waals surface area contributed by atoms with Crippen molar-refractivity contribution in [3.8, 4) is 0 Å². The SMILES string of the molecule is C=C(C)C[C@H](N)c1cccc(C)c1. The van der Waals surface area contributed by atoms with E-state index in [1.807, 2.05) is 13.0 Å². The molecule has 0 aliphatic carbocycles. The topological polar surface area (TPSA) is 26.0 Å². The van der Waals surface area contributed by atoms with E-state index in [9.17, 15) is 0 Å². The van der Waals surface area contributed by atoms with Crippen LogP contribution in [0, 0.1) is 6.92 Å². The van der Waals surface area contributed by atoms with Gasteiger partial charge in [-0.1, -0.05) is 35.4 Å². The van der Waals surface area contributed by atoms with Crippen LogP contribution >= 0.6 is 0 Å². The number of aryl methyl sites for hydroxylation is 1. The molecule has 0 bridgehead atoms. The fourth-order valence-electron chi connectivity index (χ4n) is 1.39. The summed E-state index contributed by atoms with van der Waals surface area (Å²) in [6, 6.07) is 8.42. The normalized spacial score (nSPS) is 12.5. The van der Waals surface area contributed by atoms with Crippen molar-refractivity contribution in [1.82, 2.24) is 0 Å². The number of hydrogen-bond donors (Lipinski definition) is 1. The van der Waals surface area contributed by atoms with Crippen LogP contribution in [0.2, 0.25) is 0 Å². The predicted octanol–water partition coefficient (Wildman–Crippen LogP) is 2.96. The Morgan fingerprint density at radius 1 is 1.54 bits per heavy atom. The van der Waals surface area contributed by atoms with Crippen molar-refractivity contribution in [3.05, 3.63) is 47.5 Å². The lowest BCUT2D eigenvalue weighted by Crippen LogP contribution is -2.10. The van der Waals surface area contributed by atoms with Crippen LogP contribution in [0.3, 0.4) is 0 Å². The number of rotatable bonds is 3. The van der Waals surface area contributed by atoms with E-state index < -0.39 is 0 Å². The lowest BCUT2D eigenvalue weighted by molar-refractivity contribution is 0.716. The Labute approximate surface area is 80.3 Å². The van der Waals surface area contributed by atoms with E-state index in [2.05, 4.69) is 31.7 Å². The highest BCUT2D eigenvalue weighted by Crippen LogP contribution is 2.18. The monoisotopic (exact) mass is 175 g/mol. The van der Waals surface area contributed by atoms with Crippen molar-refractivity contribution in [2.75, 3.05) is 0 Å². The first-order valence-electron chi connectivity index (χ1n) is 4.56. The third kappa shape index (κ3) is 3.03. The smallest absolute Gasteiger partial charge is 0.0332 e. The van der Waals surface area contributed by atoms with Gasteiger partial charge in [-0.25, -0.2) is 0 Å². The average Bonchev–Trinajstić information content (AvgIpc) is 2.03. The van der Waals surface area contributed by atoms with Crippen molar-refractivity contribution in [2.45, 2.75) is 26.3 Å². The molecular formula is C12H17N. The molecule has 0 unspecified atom stereocenters. The van der Waals surface area contributed by atoms with Crippen LogP contribution in [-0.2, 0) is 0 Å². The van der Waals surface area contributed by atoms with Gasteiger partial charge in [0, 0.05) is 6.04 Å². The van der Waals surface area contributed by atoms with E-state index in [0.29, 0.717) is 0 Å². The molecule has 0 radical (unpaired) electrons. The Hall–Kier alpha value is -1.08. The molecule has 0 heterocycles. The summed E-state index contributed by atoms with van der Waals surface area (Å²) in [7, 11) is 0. The van der Waals surface area contributed by atoms with Gasteiger partial charge in [0.05, 0.1) is 0 Å². The summed E-state index contributed by atoms with van der Waals surface area (Å²) < 4.78 is 0. The highest BCUT2D eigenvalue weighted by molar-refractivity contribution is 5.25. The van der Waals surface area contributed by atoms with E-state index in [0.717, 1.165) is 12.0 Å². The summed E-state index contributed by atoms with van der Waals surface area (Å²) in [6.07, 6.45) is 0.865. The molecule has 0 aliphatic heterocycles. The Morgan fingerprint density at radius 2 is 2.23 bits per heavy atom. The fourth-order valence-corrected chi connectivity index (χ4v) is 1.39. The summed E-state index contributed by atoms with van der Waals surface area (Å²) in [5, 5.41) is 0. The third-order valence-corrected chi connectivity index (χ3v) is 2.04. The summed E-state index contributed by atoms with van der Waals surface area (Å²) >= 11 is 0. The first-order chi connectivity index (χ1) is 6.09. The zero-order chi connectivity index (χ0) is 9.84. The van der Waals surface area contributed by atoms with Gasteiger partial charge in [-0.3, -0.25) is 0 Å². The van der Waals surface area contributed by atoms with E-state index in [1.165, 1.54) is 11.1 Å². The van der Waals surface area contributed by atoms with Gasteiger partial charge in [-0.05, 0) is 25.8 Å². The van der Waals surface area contributed by atoms with Gasteiger partial charge in [0.1, 0.15) is 0 Å². The second kappa shape index (κ2) is 4.24. The molecule has 0 saturated carbocycles. The molecule has 0 aromatic heterocycles. The molecule has 70 valence electrons. The first kappa shape index (κ1) is 10.0. The van der Waals surface area contributed by atoms with E-state index in [1.54, 1.807) is 0 Å². The quantitative estimate of drug-likeness (QED) is 0.702. The van der Waals surface area contributed by atoms with Crippen LogP contribution in [0.4, 0.5) is 0 Å². The average molecular weight is 175 g/mol. The maximum atomic E-state index is 6.00. The standard InChI is InChI=1S/C12H17N/c1-9(2)7-12(13)11-6-4-5-10(3)8-11/h4-6,8,12H,1,7,13H2,2-3H3/t12-/m0/s1. The lowest BCUT2D eigenvalue weighted by atomic mass is 10.00. The van der Waals surface area contributed by atoms with Crippen LogP contribution in [0.25, 0.3) is 0 Å². The molecule has 1 rings (SSSR count). The van der Waals surface area contributed by atoms with Crippen molar-refractivity contribution in [1.29, 1.82) is 0 Å². The second-order valence-electron chi connectivity index (χ2n) is 3.68. The molecule has 1 heteroatoms. The van der Waals surface area contributed by atoms with Crippen LogP contribution in [0.1, 0.15) is 30.5 Å². The summed E-state index contributed by atoms with van der Waals surface area (Å²) in [5.41, 5.74) is 9.59. The molecule has 0 spiro atoms. The summed E-state index contributed by atoms with van der Waals surface area (Å²) in [6.45, 7) is 7.95. The van der Waals surface area contributed by atoms with E-state index in [-0.39, 0.29) is 6.04 Å². The van der Waals surface area contributed by atoms with Gasteiger partial charge in [0.2, 0.25) is 0 Å². The third-order valence-electron chi connectivity index (χ3n) is 2.04. The van der Waals surface area contributed by atoms with Gasteiger partial charge in [0.15, 0.2) is 0 Å². The first-order valence-corrected chi connectivity index (χ1v) is 4.56. The molecule has 0 saturated heterocycles. The Bertz CT molecular complexity index is 302. The zero-order valence-corrected chi connectivity index (χ0v) is 8.38. The highest BCUT2D eigenvalue weighted by Gasteiger charge is 2.05. The summed E-state index contributed by atoms with van der Waals surface area (Å²) in [4.78, 5) is 0. The largest absolute Gasteiger partial charge is 0.324 e. The minimum atomic E-state index is 0.0948. The summed E-state index contributed by atoms with van der Waals surface area (Å²) in [5.74, 6) is 0. The van der Waals surface area contributed by atoms with E-state index in [4.69, 9.17) is 5.73 Å². The Morgan fingerprint density at radius 3 is 2.77 bits per heavy atom. The molecule has 2 N–H and O–H groups in total. The van der Waals surface area contributed by atoms with Crippen LogP contribution < -0.4 is 5.73 Å². The lowest BCUT2D eigenvalue weighted by Gasteiger charge is -2.12. The minimum Gasteiger partial charge on any atom is -0.324 e. The van der Waals surface area contributed by atoms with Crippen molar-refractivity contribution < 1.29 is 0 Å². The van der Waals surface area contributed by atoms with Crippen LogP contribution in [-0.4, -0.2) is 0 Å². The fraction of sp³-hybridized carbons (Fsp3) is 0.333. The van der Waals surface area contributed by atoms with Gasteiger partial charge >= 0.3 is 0 Å².